The highest BCUT2D eigenvalue weighted by molar-refractivity contribution is 6.21. The Morgan fingerprint density at radius 3 is 1.48 bits per heavy atom. The molecule has 10 rings (SSSR count). The Bertz CT molecular complexity index is 2920. The number of para-hydroxylation sites is 1. The molecule has 0 radical (unpaired) electrons. The minimum atomic E-state index is 0.900. The zero-order valence-electron chi connectivity index (χ0n) is 29.9. The molecule has 0 aliphatic carbocycles. The van der Waals surface area contributed by atoms with Gasteiger partial charge in [0.15, 0.2) is 0 Å². The first kappa shape index (κ1) is 31.7. The van der Waals surface area contributed by atoms with Crippen LogP contribution < -0.4 is 0 Å². The molecule has 254 valence electrons. The first-order valence-corrected chi connectivity index (χ1v) is 18.6. The highest BCUT2D eigenvalue weighted by Gasteiger charge is 2.23. The maximum atomic E-state index is 5.51. The van der Waals surface area contributed by atoms with Gasteiger partial charge in [0.05, 0.1) is 11.4 Å². The fourth-order valence-electron chi connectivity index (χ4n) is 8.19. The van der Waals surface area contributed by atoms with Gasteiger partial charge in [0.2, 0.25) is 0 Å². The summed E-state index contributed by atoms with van der Waals surface area (Å²) in [6, 6.07) is 72.1. The van der Waals surface area contributed by atoms with Crippen molar-refractivity contribution < 1.29 is 0 Å². The maximum Gasteiger partial charge on any atom is 0.145 e. The standard InChI is InChI=1S/C52H36N2/c1-35-28-29-39-33-41(31-30-38(39)32-35)49-46-26-13-11-24-44(46)48(45-25-12-14-27-47(45)49)40-20-15-21-42(34-40)52-53-50(36-16-5-2-6-17-36)51(37-18-7-3-8-19-37)54(52)43-22-9-4-10-23-43/h2-34H,1H3. The minimum Gasteiger partial charge on any atom is -0.292 e. The number of nitrogens with zero attached hydrogens (tertiary/aromatic N) is 2. The normalized spacial score (nSPS) is 11.4. The van der Waals surface area contributed by atoms with E-state index >= 15 is 0 Å². The molecule has 0 saturated carbocycles. The smallest absolute Gasteiger partial charge is 0.145 e. The maximum absolute atomic E-state index is 5.51. The summed E-state index contributed by atoms with van der Waals surface area (Å²) in [5, 5.41) is 7.46. The predicted molar refractivity (Wildman–Crippen MR) is 228 cm³/mol. The van der Waals surface area contributed by atoms with Crippen LogP contribution in [0, 0.1) is 6.92 Å². The molecule has 0 aliphatic rings. The van der Waals surface area contributed by atoms with Gasteiger partial charge in [-0.1, -0.05) is 181 Å². The lowest BCUT2D eigenvalue weighted by Crippen LogP contribution is -2.00. The summed E-state index contributed by atoms with van der Waals surface area (Å²) in [5.74, 6) is 0.900. The second-order valence-electron chi connectivity index (χ2n) is 14.0. The second kappa shape index (κ2) is 13.2. The molecule has 0 saturated heterocycles. The minimum absolute atomic E-state index is 0.900. The molecule has 0 bridgehead atoms. The number of hydrogen-bond acceptors (Lipinski definition) is 1. The second-order valence-corrected chi connectivity index (χ2v) is 14.0. The van der Waals surface area contributed by atoms with E-state index in [2.05, 4.69) is 212 Å². The molecular formula is C52H36N2. The van der Waals surface area contributed by atoms with E-state index in [0.717, 1.165) is 45.2 Å². The van der Waals surface area contributed by atoms with E-state index in [4.69, 9.17) is 4.98 Å². The van der Waals surface area contributed by atoms with Crippen LogP contribution in [0.15, 0.2) is 200 Å². The number of fused-ring (bicyclic) bond motifs is 3. The third-order valence-electron chi connectivity index (χ3n) is 10.6. The number of benzene rings is 9. The van der Waals surface area contributed by atoms with E-state index in [1.165, 1.54) is 54.6 Å². The van der Waals surface area contributed by atoms with Crippen LogP contribution in [0.1, 0.15) is 5.56 Å². The zero-order chi connectivity index (χ0) is 36.0. The SMILES string of the molecule is Cc1ccc2cc(-c3c4ccccc4c(-c4cccc(-c5nc(-c6ccccc6)c(-c6ccccc6)n5-c5ccccc5)c4)c4ccccc34)ccc2c1. The number of aryl methyl sites for hydroxylation is 1. The van der Waals surface area contributed by atoms with Crippen molar-refractivity contribution in [3.63, 3.8) is 0 Å². The van der Waals surface area contributed by atoms with E-state index in [0.29, 0.717) is 0 Å². The number of rotatable bonds is 6. The van der Waals surface area contributed by atoms with Crippen molar-refractivity contribution in [1.29, 1.82) is 0 Å². The molecule has 0 aliphatic heterocycles. The van der Waals surface area contributed by atoms with Crippen LogP contribution in [-0.4, -0.2) is 9.55 Å². The summed E-state index contributed by atoms with van der Waals surface area (Å²) in [6.07, 6.45) is 0. The highest BCUT2D eigenvalue weighted by Crippen LogP contribution is 2.45. The molecule has 1 aromatic heterocycles. The van der Waals surface area contributed by atoms with Crippen LogP contribution in [0.3, 0.4) is 0 Å². The average Bonchev–Trinajstić information content (AvgIpc) is 3.65. The molecule has 0 amide bonds. The summed E-state index contributed by atoms with van der Waals surface area (Å²) in [6.45, 7) is 2.15. The zero-order valence-corrected chi connectivity index (χ0v) is 29.9. The summed E-state index contributed by atoms with van der Waals surface area (Å²) in [4.78, 5) is 5.51. The quantitative estimate of drug-likeness (QED) is 0.159. The Labute approximate surface area is 315 Å². The van der Waals surface area contributed by atoms with Gasteiger partial charge < -0.3 is 0 Å². The van der Waals surface area contributed by atoms with Crippen LogP contribution in [0.4, 0.5) is 0 Å². The monoisotopic (exact) mass is 688 g/mol. The fraction of sp³-hybridized carbons (Fsp3) is 0.0192. The first-order chi connectivity index (χ1) is 26.7. The lowest BCUT2D eigenvalue weighted by atomic mass is 9.85. The van der Waals surface area contributed by atoms with Gasteiger partial charge in [0, 0.05) is 22.4 Å². The van der Waals surface area contributed by atoms with Crippen LogP contribution >= 0.6 is 0 Å². The number of imidazole rings is 1. The Morgan fingerprint density at radius 2 is 0.852 bits per heavy atom. The Kier molecular flexibility index (Phi) is 7.74. The van der Waals surface area contributed by atoms with Gasteiger partial charge in [0.25, 0.3) is 0 Å². The third-order valence-corrected chi connectivity index (χ3v) is 10.6. The molecule has 54 heavy (non-hydrogen) atoms. The molecule has 0 spiro atoms. The lowest BCUT2D eigenvalue weighted by Gasteiger charge is -2.19. The van der Waals surface area contributed by atoms with Crippen molar-refractivity contribution in [2.75, 3.05) is 0 Å². The van der Waals surface area contributed by atoms with Gasteiger partial charge in [-0.25, -0.2) is 4.98 Å². The van der Waals surface area contributed by atoms with Gasteiger partial charge in [-0.05, 0) is 85.8 Å². The predicted octanol–water partition coefficient (Wildman–Crippen LogP) is 14.0. The molecule has 10 aromatic rings. The summed E-state index contributed by atoms with van der Waals surface area (Å²) >= 11 is 0. The van der Waals surface area contributed by atoms with Crippen LogP contribution in [0.5, 0.6) is 0 Å². The molecule has 9 aromatic carbocycles. The van der Waals surface area contributed by atoms with Gasteiger partial charge in [-0.3, -0.25) is 4.57 Å². The molecule has 0 atom stereocenters. The molecule has 2 nitrogen and oxygen atoms in total. The molecule has 1 heterocycles. The van der Waals surface area contributed by atoms with E-state index in [1.54, 1.807) is 0 Å². The summed E-state index contributed by atoms with van der Waals surface area (Å²) < 4.78 is 2.33. The van der Waals surface area contributed by atoms with Crippen LogP contribution in [0.2, 0.25) is 0 Å². The van der Waals surface area contributed by atoms with Crippen molar-refractivity contribution in [1.82, 2.24) is 9.55 Å². The van der Waals surface area contributed by atoms with Crippen molar-refractivity contribution >= 4 is 32.3 Å². The molecular weight excluding hydrogens is 653 g/mol. The Balaban J connectivity index is 1.23. The first-order valence-electron chi connectivity index (χ1n) is 18.6. The van der Waals surface area contributed by atoms with Crippen molar-refractivity contribution in [2.45, 2.75) is 6.92 Å². The van der Waals surface area contributed by atoms with Crippen molar-refractivity contribution in [2.24, 2.45) is 0 Å². The van der Waals surface area contributed by atoms with E-state index in [1.807, 2.05) is 0 Å². The van der Waals surface area contributed by atoms with Crippen molar-refractivity contribution in [3.8, 4) is 61.8 Å². The van der Waals surface area contributed by atoms with E-state index in [9.17, 15) is 0 Å². The average molecular weight is 689 g/mol. The van der Waals surface area contributed by atoms with Crippen LogP contribution in [0.25, 0.3) is 94.2 Å². The molecule has 0 unspecified atom stereocenters. The highest BCUT2D eigenvalue weighted by atomic mass is 15.1. The fourth-order valence-corrected chi connectivity index (χ4v) is 8.19. The van der Waals surface area contributed by atoms with E-state index in [-0.39, 0.29) is 0 Å². The molecule has 2 heteroatoms. The topological polar surface area (TPSA) is 17.8 Å². The van der Waals surface area contributed by atoms with Crippen LogP contribution in [-0.2, 0) is 0 Å². The number of aromatic nitrogens is 2. The lowest BCUT2D eigenvalue weighted by molar-refractivity contribution is 1.07. The van der Waals surface area contributed by atoms with Crippen molar-refractivity contribution in [3.05, 3.63) is 206 Å². The van der Waals surface area contributed by atoms with Gasteiger partial charge in [-0.2, -0.15) is 0 Å². The van der Waals surface area contributed by atoms with Gasteiger partial charge in [-0.15, -0.1) is 0 Å². The van der Waals surface area contributed by atoms with Gasteiger partial charge >= 0.3 is 0 Å². The summed E-state index contributed by atoms with van der Waals surface area (Å²) in [5.41, 5.74) is 12.5. The summed E-state index contributed by atoms with van der Waals surface area (Å²) in [7, 11) is 0. The molecule has 0 fully saturated rings. The Morgan fingerprint density at radius 1 is 0.370 bits per heavy atom. The van der Waals surface area contributed by atoms with Gasteiger partial charge in [0.1, 0.15) is 5.82 Å². The Hall–Kier alpha value is -7.03. The van der Waals surface area contributed by atoms with E-state index < -0.39 is 0 Å². The number of hydrogen-bond donors (Lipinski definition) is 0. The largest absolute Gasteiger partial charge is 0.292 e. The third kappa shape index (κ3) is 5.39. The molecule has 0 N–H and O–H groups in total.